The van der Waals surface area contributed by atoms with Gasteiger partial charge in [-0.1, -0.05) is 24.3 Å². The first-order valence-corrected chi connectivity index (χ1v) is 6.72. The summed E-state index contributed by atoms with van der Waals surface area (Å²) in [4.78, 5) is 0. The molecule has 4 rings (SSSR count). The Bertz CT molecular complexity index is 560. The van der Waals surface area contributed by atoms with Crippen LogP contribution >= 0.6 is 0 Å². The van der Waals surface area contributed by atoms with Gasteiger partial charge in [0.1, 0.15) is 0 Å². The van der Waals surface area contributed by atoms with Crippen LogP contribution < -0.4 is 5.73 Å². The van der Waals surface area contributed by atoms with Gasteiger partial charge in [0.15, 0.2) is 0 Å². The molecule has 4 unspecified atom stereocenters. The lowest BCUT2D eigenvalue weighted by atomic mass is 9.92. The van der Waals surface area contributed by atoms with Gasteiger partial charge in [-0.15, -0.1) is 0 Å². The Morgan fingerprint density at radius 2 is 2.11 bits per heavy atom. The largest absolute Gasteiger partial charge is 0.472 e. The highest BCUT2D eigenvalue weighted by Gasteiger charge is 2.55. The maximum absolute atomic E-state index is 6.40. The van der Waals surface area contributed by atoms with Crippen LogP contribution in [0.4, 0.5) is 0 Å². The highest BCUT2D eigenvalue weighted by atomic mass is 16.3. The molecule has 2 aliphatic rings. The Kier molecular flexibility index (Phi) is 2.15. The van der Waals surface area contributed by atoms with Crippen LogP contribution in [-0.2, 0) is 6.42 Å². The average Bonchev–Trinajstić information content (AvgIpc) is 2.89. The molecule has 0 bridgehead atoms. The molecule has 0 aliphatic heterocycles. The van der Waals surface area contributed by atoms with Gasteiger partial charge >= 0.3 is 0 Å². The van der Waals surface area contributed by atoms with Gasteiger partial charge in [0.25, 0.3) is 0 Å². The van der Waals surface area contributed by atoms with E-state index in [1.165, 1.54) is 24.0 Å². The molecule has 18 heavy (non-hydrogen) atoms. The van der Waals surface area contributed by atoms with Crippen molar-refractivity contribution in [2.24, 2.45) is 17.6 Å². The van der Waals surface area contributed by atoms with Crippen LogP contribution in [0, 0.1) is 11.8 Å². The maximum atomic E-state index is 6.40. The van der Waals surface area contributed by atoms with E-state index in [1.807, 2.05) is 6.07 Å². The number of hydrogen-bond acceptors (Lipinski definition) is 2. The predicted molar refractivity (Wildman–Crippen MR) is 70.1 cm³/mol. The SMILES string of the molecule is NC(c1ccoc1)C1C2CCc3ccccc3C21. The molecule has 2 heteroatoms. The second-order valence-corrected chi connectivity index (χ2v) is 5.59. The van der Waals surface area contributed by atoms with E-state index in [0.717, 1.165) is 11.5 Å². The van der Waals surface area contributed by atoms with Gasteiger partial charge in [-0.3, -0.25) is 0 Å². The van der Waals surface area contributed by atoms with Crippen LogP contribution in [0.5, 0.6) is 0 Å². The minimum atomic E-state index is 0.130. The number of aryl methyl sites for hydroxylation is 1. The molecule has 1 aromatic carbocycles. The monoisotopic (exact) mass is 239 g/mol. The first kappa shape index (κ1) is 10.4. The number of fused-ring (bicyclic) bond motifs is 3. The fraction of sp³-hybridized carbons (Fsp3) is 0.375. The minimum absolute atomic E-state index is 0.130. The molecule has 2 aromatic rings. The van der Waals surface area contributed by atoms with Crippen LogP contribution in [-0.4, -0.2) is 0 Å². The molecular weight excluding hydrogens is 222 g/mol. The molecule has 92 valence electrons. The summed E-state index contributed by atoms with van der Waals surface area (Å²) >= 11 is 0. The summed E-state index contributed by atoms with van der Waals surface area (Å²) in [6.07, 6.45) is 6.01. The van der Waals surface area contributed by atoms with Crippen molar-refractivity contribution in [3.05, 3.63) is 59.5 Å². The molecule has 0 saturated heterocycles. The molecule has 2 aliphatic carbocycles. The Morgan fingerprint density at radius 1 is 1.22 bits per heavy atom. The molecule has 2 N–H and O–H groups in total. The summed E-state index contributed by atoms with van der Waals surface area (Å²) in [6.45, 7) is 0. The van der Waals surface area contributed by atoms with Gasteiger partial charge in [-0.05, 0) is 47.8 Å². The minimum Gasteiger partial charge on any atom is -0.472 e. The van der Waals surface area contributed by atoms with Crippen molar-refractivity contribution in [3.63, 3.8) is 0 Å². The quantitative estimate of drug-likeness (QED) is 0.873. The van der Waals surface area contributed by atoms with E-state index in [9.17, 15) is 0 Å². The maximum Gasteiger partial charge on any atom is 0.0950 e. The highest BCUT2D eigenvalue weighted by molar-refractivity contribution is 5.40. The van der Waals surface area contributed by atoms with E-state index in [2.05, 4.69) is 24.3 Å². The third-order valence-electron chi connectivity index (χ3n) is 4.73. The van der Waals surface area contributed by atoms with Crippen molar-refractivity contribution in [3.8, 4) is 0 Å². The van der Waals surface area contributed by atoms with E-state index < -0.39 is 0 Å². The smallest absolute Gasteiger partial charge is 0.0950 e. The highest BCUT2D eigenvalue weighted by Crippen LogP contribution is 2.63. The van der Waals surface area contributed by atoms with Gasteiger partial charge in [0, 0.05) is 11.6 Å². The molecule has 0 radical (unpaired) electrons. The van der Waals surface area contributed by atoms with Crippen molar-refractivity contribution in [2.75, 3.05) is 0 Å². The van der Waals surface area contributed by atoms with Crippen LogP contribution in [0.15, 0.2) is 47.3 Å². The van der Waals surface area contributed by atoms with Gasteiger partial charge in [-0.2, -0.15) is 0 Å². The predicted octanol–water partition coefficient (Wildman–Crippen LogP) is 3.26. The fourth-order valence-corrected chi connectivity index (χ4v) is 3.80. The Hall–Kier alpha value is -1.54. The molecule has 2 nitrogen and oxygen atoms in total. The van der Waals surface area contributed by atoms with E-state index in [1.54, 1.807) is 12.5 Å². The molecule has 1 heterocycles. The van der Waals surface area contributed by atoms with Crippen molar-refractivity contribution >= 4 is 0 Å². The molecule has 1 aromatic heterocycles. The van der Waals surface area contributed by atoms with E-state index in [-0.39, 0.29) is 6.04 Å². The zero-order valence-electron chi connectivity index (χ0n) is 10.3. The first-order valence-electron chi connectivity index (χ1n) is 6.72. The molecule has 4 atom stereocenters. The van der Waals surface area contributed by atoms with Crippen molar-refractivity contribution in [2.45, 2.75) is 24.8 Å². The number of benzene rings is 1. The normalized spacial score (nSPS) is 30.4. The number of hydrogen-bond donors (Lipinski definition) is 1. The van der Waals surface area contributed by atoms with Crippen molar-refractivity contribution in [1.82, 2.24) is 0 Å². The first-order chi connectivity index (χ1) is 8.86. The third kappa shape index (κ3) is 1.39. The molecule has 0 amide bonds. The summed E-state index contributed by atoms with van der Waals surface area (Å²) in [6, 6.07) is 11.0. The number of nitrogens with two attached hydrogens (primary N) is 1. The summed E-state index contributed by atoms with van der Waals surface area (Å²) in [5.74, 6) is 2.07. The van der Waals surface area contributed by atoms with Gasteiger partial charge < -0.3 is 10.2 Å². The van der Waals surface area contributed by atoms with Crippen LogP contribution in [0.3, 0.4) is 0 Å². The Morgan fingerprint density at radius 3 is 2.94 bits per heavy atom. The lowest BCUT2D eigenvalue weighted by molar-refractivity contribution is 0.531. The number of rotatable bonds is 2. The average molecular weight is 239 g/mol. The summed E-state index contributed by atoms with van der Waals surface area (Å²) in [7, 11) is 0. The third-order valence-corrected chi connectivity index (χ3v) is 4.73. The molecule has 1 saturated carbocycles. The summed E-state index contributed by atoms with van der Waals surface area (Å²) < 4.78 is 5.16. The van der Waals surface area contributed by atoms with Crippen molar-refractivity contribution < 1.29 is 4.42 Å². The molecule has 1 fully saturated rings. The Balaban J connectivity index is 1.65. The topological polar surface area (TPSA) is 39.2 Å². The lowest BCUT2D eigenvalue weighted by Gasteiger charge is -2.13. The van der Waals surface area contributed by atoms with E-state index >= 15 is 0 Å². The standard InChI is InChI=1S/C16H17NO/c17-16(11-7-8-18-9-11)15-13-6-5-10-3-1-2-4-12(10)14(13)15/h1-4,7-9,13-16H,5-6,17H2. The Labute approximate surface area is 107 Å². The van der Waals surface area contributed by atoms with Gasteiger partial charge in [0.05, 0.1) is 12.5 Å². The van der Waals surface area contributed by atoms with Crippen LogP contribution in [0.2, 0.25) is 0 Å². The number of furan rings is 1. The zero-order valence-corrected chi connectivity index (χ0v) is 10.3. The zero-order chi connectivity index (χ0) is 12.1. The fourth-order valence-electron chi connectivity index (χ4n) is 3.80. The summed E-state index contributed by atoms with van der Waals surface area (Å²) in [5, 5.41) is 0. The van der Waals surface area contributed by atoms with Gasteiger partial charge in [0.2, 0.25) is 0 Å². The van der Waals surface area contributed by atoms with E-state index in [4.69, 9.17) is 10.2 Å². The van der Waals surface area contributed by atoms with Gasteiger partial charge in [-0.25, -0.2) is 0 Å². The molecular formula is C16H17NO. The lowest BCUT2D eigenvalue weighted by Crippen LogP contribution is -2.13. The summed E-state index contributed by atoms with van der Waals surface area (Å²) in [5.41, 5.74) is 10.6. The molecule has 0 spiro atoms. The van der Waals surface area contributed by atoms with Crippen molar-refractivity contribution in [1.29, 1.82) is 0 Å². The second kappa shape index (κ2) is 3.72. The van der Waals surface area contributed by atoms with Crippen LogP contribution in [0.1, 0.15) is 35.1 Å². The second-order valence-electron chi connectivity index (χ2n) is 5.59. The van der Waals surface area contributed by atoms with E-state index in [0.29, 0.717) is 11.8 Å². The van der Waals surface area contributed by atoms with Crippen LogP contribution in [0.25, 0.3) is 0 Å².